The van der Waals surface area contributed by atoms with Crippen molar-refractivity contribution in [1.82, 2.24) is 5.32 Å². The molecule has 2 aromatic carbocycles. The Balaban J connectivity index is 1.90. The maximum Gasteiger partial charge on any atom is 0.407 e. The van der Waals surface area contributed by atoms with Gasteiger partial charge in [0.1, 0.15) is 18.8 Å². The topological polar surface area (TPSA) is 139 Å². The Bertz CT molecular complexity index is 811. The molecule has 27 heavy (non-hydrogen) atoms. The van der Waals surface area contributed by atoms with Crippen molar-refractivity contribution >= 4 is 18.1 Å². The Morgan fingerprint density at radius 3 is 2.56 bits per heavy atom. The molecule has 3 N–H and O–H groups in total. The zero-order valence-electron chi connectivity index (χ0n) is 14.1. The van der Waals surface area contributed by atoms with Crippen molar-refractivity contribution < 1.29 is 29.5 Å². The molecule has 9 nitrogen and oxygen atoms in total. The van der Waals surface area contributed by atoms with Crippen LogP contribution in [0.15, 0.2) is 48.5 Å². The lowest BCUT2D eigenvalue weighted by molar-refractivity contribution is -0.385. The second-order valence-corrected chi connectivity index (χ2v) is 5.65. The molecule has 2 atom stereocenters. The van der Waals surface area contributed by atoms with Crippen LogP contribution < -0.4 is 5.32 Å². The van der Waals surface area contributed by atoms with Crippen molar-refractivity contribution in [3.05, 3.63) is 75.3 Å². The van der Waals surface area contributed by atoms with Gasteiger partial charge in [-0.25, -0.2) is 4.79 Å². The lowest BCUT2D eigenvalue weighted by Crippen LogP contribution is -2.35. The fraction of sp³-hybridized carbons (Fsp3) is 0.222. The number of aldehydes is 1. The number of aliphatic hydroxyl groups excluding tert-OH is 2. The molecule has 0 aliphatic rings. The van der Waals surface area contributed by atoms with Crippen LogP contribution in [0, 0.1) is 10.1 Å². The number of nitrogens with zero attached hydrogens (tertiary/aromatic N) is 1. The lowest BCUT2D eigenvalue weighted by Gasteiger charge is -2.18. The molecule has 0 bridgehead atoms. The first-order valence-electron chi connectivity index (χ1n) is 7.96. The van der Waals surface area contributed by atoms with E-state index in [1.54, 1.807) is 24.3 Å². The first kappa shape index (κ1) is 20.0. The predicted octanol–water partition coefficient (Wildman–Crippen LogP) is 1.73. The number of hydrogen-bond acceptors (Lipinski definition) is 7. The number of rotatable bonds is 8. The number of carbonyl (C=O) groups excluding carboxylic acids is 2. The third-order valence-electron chi connectivity index (χ3n) is 3.75. The number of benzene rings is 2. The smallest absolute Gasteiger partial charge is 0.407 e. The fourth-order valence-corrected chi connectivity index (χ4v) is 2.30. The average molecular weight is 374 g/mol. The Morgan fingerprint density at radius 1 is 1.22 bits per heavy atom. The molecule has 0 aromatic heterocycles. The number of nitro benzene ring substituents is 1. The molecular formula is C18H18N2O7. The molecule has 0 saturated heterocycles. The largest absolute Gasteiger partial charge is 0.445 e. The van der Waals surface area contributed by atoms with Crippen molar-refractivity contribution in [3.63, 3.8) is 0 Å². The molecule has 0 radical (unpaired) electrons. The Labute approximate surface area is 154 Å². The monoisotopic (exact) mass is 374 g/mol. The number of hydrogen-bond donors (Lipinski definition) is 3. The second kappa shape index (κ2) is 9.41. The van der Waals surface area contributed by atoms with Crippen molar-refractivity contribution in [2.24, 2.45) is 0 Å². The third-order valence-corrected chi connectivity index (χ3v) is 3.75. The number of ether oxygens (including phenoxy) is 1. The third kappa shape index (κ3) is 5.59. The Kier molecular flexibility index (Phi) is 6.98. The second-order valence-electron chi connectivity index (χ2n) is 5.65. The highest BCUT2D eigenvalue weighted by molar-refractivity contribution is 5.81. The summed E-state index contributed by atoms with van der Waals surface area (Å²) in [5.74, 6) is 0. The number of amides is 1. The quantitative estimate of drug-likeness (QED) is 0.363. The zero-order valence-corrected chi connectivity index (χ0v) is 14.1. The van der Waals surface area contributed by atoms with Gasteiger partial charge in [0.25, 0.3) is 5.69 Å². The van der Waals surface area contributed by atoms with Gasteiger partial charge in [0, 0.05) is 12.6 Å². The molecule has 2 rings (SSSR count). The van der Waals surface area contributed by atoms with E-state index in [0.29, 0.717) is 6.29 Å². The molecular weight excluding hydrogens is 356 g/mol. The van der Waals surface area contributed by atoms with Crippen molar-refractivity contribution in [1.29, 1.82) is 0 Å². The minimum atomic E-state index is -1.50. The highest BCUT2D eigenvalue weighted by Gasteiger charge is 2.23. The normalized spacial score (nSPS) is 12.7. The van der Waals surface area contributed by atoms with Crippen molar-refractivity contribution in [3.8, 4) is 0 Å². The van der Waals surface area contributed by atoms with E-state index in [4.69, 9.17) is 4.74 Å². The minimum Gasteiger partial charge on any atom is -0.445 e. The molecule has 0 spiro atoms. The van der Waals surface area contributed by atoms with Gasteiger partial charge < -0.3 is 20.3 Å². The predicted molar refractivity (Wildman–Crippen MR) is 94.1 cm³/mol. The molecule has 1 amide bonds. The maximum absolute atomic E-state index is 11.7. The standard InChI is InChI=1S/C18H18N2O7/c21-10-14-7-6-13(8-15(14)20(25)26)17(23)16(22)9-19-18(24)27-11-12-4-2-1-3-5-12/h1-8,10,16-17,22-23H,9,11H2,(H,19,24). The Morgan fingerprint density at radius 2 is 1.93 bits per heavy atom. The van der Waals surface area contributed by atoms with E-state index in [1.165, 1.54) is 12.1 Å². The summed E-state index contributed by atoms with van der Waals surface area (Å²) in [6, 6.07) is 12.5. The van der Waals surface area contributed by atoms with Crippen LogP contribution in [0.2, 0.25) is 0 Å². The number of alkyl carbamates (subject to hydrolysis) is 1. The van der Waals surface area contributed by atoms with Crippen LogP contribution in [0.3, 0.4) is 0 Å². The summed E-state index contributed by atoms with van der Waals surface area (Å²) in [5, 5.41) is 33.4. The van der Waals surface area contributed by atoms with E-state index in [9.17, 15) is 29.9 Å². The Hall–Kier alpha value is -3.30. The van der Waals surface area contributed by atoms with Gasteiger partial charge in [-0.2, -0.15) is 0 Å². The molecule has 0 fully saturated rings. The van der Waals surface area contributed by atoms with Gasteiger partial charge in [-0.15, -0.1) is 0 Å². The van der Waals surface area contributed by atoms with Gasteiger partial charge in [-0.1, -0.05) is 36.4 Å². The van der Waals surface area contributed by atoms with Gasteiger partial charge in [0.2, 0.25) is 0 Å². The molecule has 0 heterocycles. The first-order chi connectivity index (χ1) is 12.9. The molecule has 142 valence electrons. The van der Waals surface area contributed by atoms with Gasteiger partial charge in [-0.05, 0) is 17.2 Å². The van der Waals surface area contributed by atoms with Gasteiger partial charge in [0.15, 0.2) is 6.29 Å². The first-order valence-corrected chi connectivity index (χ1v) is 7.96. The van der Waals surface area contributed by atoms with E-state index < -0.39 is 28.9 Å². The van der Waals surface area contributed by atoms with Crippen LogP contribution in [-0.2, 0) is 11.3 Å². The summed E-state index contributed by atoms with van der Waals surface area (Å²) < 4.78 is 4.97. The van der Waals surface area contributed by atoms with Gasteiger partial charge in [-0.3, -0.25) is 14.9 Å². The summed E-state index contributed by atoms with van der Waals surface area (Å²) in [4.78, 5) is 32.7. The summed E-state index contributed by atoms with van der Waals surface area (Å²) in [6.07, 6.45) is -3.39. The molecule has 2 unspecified atom stereocenters. The summed E-state index contributed by atoms with van der Waals surface area (Å²) in [5.41, 5.74) is 0.201. The summed E-state index contributed by atoms with van der Waals surface area (Å²) in [6.45, 7) is -0.289. The van der Waals surface area contributed by atoms with Crippen LogP contribution in [0.25, 0.3) is 0 Å². The van der Waals surface area contributed by atoms with Gasteiger partial charge in [0.05, 0.1) is 10.5 Å². The fourth-order valence-electron chi connectivity index (χ4n) is 2.30. The van der Waals surface area contributed by atoms with E-state index in [0.717, 1.165) is 11.6 Å². The number of nitrogens with one attached hydrogen (secondary N) is 1. The van der Waals surface area contributed by atoms with Crippen molar-refractivity contribution in [2.45, 2.75) is 18.8 Å². The molecule has 9 heteroatoms. The van der Waals surface area contributed by atoms with Crippen LogP contribution in [0.1, 0.15) is 27.6 Å². The van der Waals surface area contributed by atoms with Crippen LogP contribution in [0.5, 0.6) is 0 Å². The summed E-state index contributed by atoms with van der Waals surface area (Å²) >= 11 is 0. The van der Waals surface area contributed by atoms with Crippen LogP contribution in [0.4, 0.5) is 10.5 Å². The van der Waals surface area contributed by atoms with E-state index in [2.05, 4.69) is 5.32 Å². The van der Waals surface area contributed by atoms with Crippen LogP contribution in [-0.4, -0.2) is 40.2 Å². The molecule has 2 aromatic rings. The molecule has 0 aliphatic heterocycles. The van der Waals surface area contributed by atoms with Crippen molar-refractivity contribution in [2.75, 3.05) is 6.54 Å². The van der Waals surface area contributed by atoms with E-state index in [-0.39, 0.29) is 24.3 Å². The molecule has 0 saturated carbocycles. The zero-order chi connectivity index (χ0) is 19.8. The number of nitro groups is 1. The highest BCUT2D eigenvalue weighted by atomic mass is 16.6. The SMILES string of the molecule is O=Cc1ccc(C(O)C(O)CNC(=O)OCc2ccccc2)cc1[N+](=O)[O-]. The molecule has 0 aliphatic carbocycles. The van der Waals surface area contributed by atoms with Crippen LogP contribution >= 0.6 is 0 Å². The van der Waals surface area contributed by atoms with E-state index >= 15 is 0 Å². The maximum atomic E-state index is 11.7. The van der Waals surface area contributed by atoms with E-state index in [1.807, 2.05) is 6.07 Å². The lowest BCUT2D eigenvalue weighted by atomic mass is 10.0. The average Bonchev–Trinajstić information content (AvgIpc) is 2.70. The summed E-state index contributed by atoms with van der Waals surface area (Å²) in [7, 11) is 0. The number of aliphatic hydroxyl groups is 2. The van der Waals surface area contributed by atoms with Gasteiger partial charge >= 0.3 is 6.09 Å². The highest BCUT2D eigenvalue weighted by Crippen LogP contribution is 2.24. The minimum absolute atomic E-state index is 0.0410. The number of carbonyl (C=O) groups is 2.